The van der Waals surface area contributed by atoms with Gasteiger partial charge in [-0.3, -0.25) is 0 Å². The van der Waals surface area contributed by atoms with E-state index in [1.54, 1.807) is 20.3 Å². The Balaban J connectivity index is 2.24. The molecule has 0 spiro atoms. The van der Waals surface area contributed by atoms with Crippen LogP contribution < -0.4 is 20.1 Å². The van der Waals surface area contributed by atoms with Crippen molar-refractivity contribution in [3.63, 3.8) is 0 Å². The lowest BCUT2D eigenvalue weighted by Crippen LogP contribution is -2.43. The Morgan fingerprint density at radius 2 is 1.80 bits per heavy atom. The van der Waals surface area contributed by atoms with Gasteiger partial charge in [0.1, 0.15) is 0 Å². The van der Waals surface area contributed by atoms with Crippen molar-refractivity contribution >= 4 is 5.95 Å². The molecule has 1 aliphatic rings. The zero-order chi connectivity index (χ0) is 14.5. The molecule has 1 aliphatic carbocycles. The molecule has 20 heavy (non-hydrogen) atoms. The third-order valence-corrected chi connectivity index (χ3v) is 4.07. The second-order valence-electron chi connectivity index (χ2n) is 5.21. The highest BCUT2D eigenvalue weighted by Crippen LogP contribution is 2.30. The molecule has 0 aromatic carbocycles. The van der Waals surface area contributed by atoms with Crippen LogP contribution in [0.3, 0.4) is 0 Å². The predicted molar refractivity (Wildman–Crippen MR) is 78.3 cm³/mol. The Morgan fingerprint density at radius 1 is 1.20 bits per heavy atom. The predicted octanol–water partition coefficient (Wildman–Crippen LogP) is 1.45. The van der Waals surface area contributed by atoms with Crippen molar-refractivity contribution in [3.05, 3.63) is 6.07 Å². The second-order valence-corrected chi connectivity index (χ2v) is 5.21. The van der Waals surface area contributed by atoms with E-state index in [0.717, 1.165) is 6.42 Å². The molecule has 1 saturated carbocycles. The summed E-state index contributed by atoms with van der Waals surface area (Å²) in [6.45, 7) is 0.704. The molecule has 2 unspecified atom stereocenters. The van der Waals surface area contributed by atoms with Crippen LogP contribution in [0.15, 0.2) is 6.07 Å². The number of methoxy groups -OCH3 is 2. The topological polar surface area (TPSA) is 73.5 Å². The fourth-order valence-corrected chi connectivity index (χ4v) is 2.88. The summed E-state index contributed by atoms with van der Waals surface area (Å²) in [7, 11) is 5.20. The van der Waals surface area contributed by atoms with Crippen LogP contribution in [0, 0.1) is 5.92 Å². The van der Waals surface area contributed by atoms with Crippen molar-refractivity contribution in [1.82, 2.24) is 9.97 Å². The molecule has 6 nitrogen and oxygen atoms in total. The smallest absolute Gasteiger partial charge is 0.231 e. The highest BCUT2D eigenvalue weighted by atomic mass is 16.5. The monoisotopic (exact) mass is 280 g/mol. The molecule has 1 aromatic heterocycles. The summed E-state index contributed by atoms with van der Waals surface area (Å²) in [5, 5.41) is 0. The van der Waals surface area contributed by atoms with Crippen LogP contribution in [0.1, 0.15) is 25.7 Å². The van der Waals surface area contributed by atoms with Gasteiger partial charge in [-0.15, -0.1) is 0 Å². The van der Waals surface area contributed by atoms with Crippen LogP contribution in [0.5, 0.6) is 11.8 Å². The quantitative estimate of drug-likeness (QED) is 0.880. The average molecular weight is 280 g/mol. The third-order valence-electron chi connectivity index (χ3n) is 4.07. The van der Waals surface area contributed by atoms with Gasteiger partial charge < -0.3 is 20.1 Å². The second kappa shape index (κ2) is 6.74. The highest BCUT2D eigenvalue weighted by Gasteiger charge is 2.29. The lowest BCUT2D eigenvalue weighted by Gasteiger charge is -2.37. The van der Waals surface area contributed by atoms with Crippen molar-refractivity contribution in [2.75, 3.05) is 32.7 Å². The van der Waals surface area contributed by atoms with E-state index in [2.05, 4.69) is 14.9 Å². The third kappa shape index (κ3) is 3.12. The van der Waals surface area contributed by atoms with Crippen molar-refractivity contribution in [2.24, 2.45) is 11.7 Å². The van der Waals surface area contributed by atoms with Crippen molar-refractivity contribution in [3.8, 4) is 11.8 Å². The highest BCUT2D eigenvalue weighted by molar-refractivity contribution is 5.37. The molecule has 2 N–H and O–H groups in total. The zero-order valence-corrected chi connectivity index (χ0v) is 12.5. The van der Waals surface area contributed by atoms with Crippen LogP contribution >= 0.6 is 0 Å². The van der Waals surface area contributed by atoms with E-state index in [1.807, 2.05) is 7.05 Å². The minimum Gasteiger partial charge on any atom is -0.481 e. The Kier molecular flexibility index (Phi) is 5.00. The van der Waals surface area contributed by atoms with Crippen LogP contribution in [0.25, 0.3) is 0 Å². The van der Waals surface area contributed by atoms with Crippen LogP contribution in [-0.2, 0) is 0 Å². The lowest BCUT2D eigenvalue weighted by atomic mass is 9.84. The Labute approximate surface area is 120 Å². The van der Waals surface area contributed by atoms with E-state index >= 15 is 0 Å². The largest absolute Gasteiger partial charge is 0.481 e. The Morgan fingerprint density at radius 3 is 2.35 bits per heavy atom. The van der Waals surface area contributed by atoms with Crippen LogP contribution in [-0.4, -0.2) is 43.8 Å². The number of aromatic nitrogens is 2. The molecule has 2 rings (SSSR count). The Hall–Kier alpha value is -1.56. The van der Waals surface area contributed by atoms with Gasteiger partial charge in [-0.05, 0) is 25.3 Å². The molecule has 0 aliphatic heterocycles. The molecular weight excluding hydrogens is 256 g/mol. The molecule has 0 radical (unpaired) electrons. The first-order valence-corrected chi connectivity index (χ1v) is 7.09. The minimum absolute atomic E-state index is 0.380. The first kappa shape index (κ1) is 14.8. The Bertz CT molecular complexity index is 419. The van der Waals surface area contributed by atoms with E-state index in [4.69, 9.17) is 15.2 Å². The van der Waals surface area contributed by atoms with E-state index in [-0.39, 0.29) is 0 Å². The maximum Gasteiger partial charge on any atom is 0.231 e. The molecule has 0 amide bonds. The number of rotatable bonds is 5. The maximum atomic E-state index is 5.90. The molecule has 1 aromatic rings. The van der Waals surface area contributed by atoms with Gasteiger partial charge in [-0.1, -0.05) is 12.8 Å². The minimum atomic E-state index is 0.380. The van der Waals surface area contributed by atoms with Crippen molar-refractivity contribution < 1.29 is 9.47 Å². The summed E-state index contributed by atoms with van der Waals surface area (Å²) in [5.41, 5.74) is 5.90. The maximum absolute atomic E-state index is 5.90. The molecule has 2 atom stereocenters. The number of nitrogens with zero attached hydrogens (tertiary/aromatic N) is 3. The van der Waals surface area contributed by atoms with Gasteiger partial charge in [0.05, 0.1) is 20.3 Å². The normalized spacial score (nSPS) is 22.4. The summed E-state index contributed by atoms with van der Waals surface area (Å²) >= 11 is 0. The van der Waals surface area contributed by atoms with Crippen molar-refractivity contribution in [1.29, 1.82) is 0 Å². The van der Waals surface area contributed by atoms with Gasteiger partial charge in [0.2, 0.25) is 17.7 Å². The average Bonchev–Trinajstić information content (AvgIpc) is 2.53. The van der Waals surface area contributed by atoms with Crippen LogP contribution in [0.2, 0.25) is 0 Å². The van der Waals surface area contributed by atoms with E-state index in [1.165, 1.54) is 19.3 Å². The summed E-state index contributed by atoms with van der Waals surface area (Å²) in [6.07, 6.45) is 4.79. The summed E-state index contributed by atoms with van der Waals surface area (Å²) in [6, 6.07) is 2.06. The van der Waals surface area contributed by atoms with Crippen molar-refractivity contribution in [2.45, 2.75) is 31.7 Å². The first-order valence-electron chi connectivity index (χ1n) is 7.09. The summed E-state index contributed by atoms with van der Waals surface area (Å²) in [5.74, 6) is 2.15. The number of hydrogen-bond donors (Lipinski definition) is 1. The van der Waals surface area contributed by atoms with Gasteiger partial charge in [-0.2, -0.15) is 9.97 Å². The van der Waals surface area contributed by atoms with Gasteiger partial charge in [0.15, 0.2) is 0 Å². The van der Waals surface area contributed by atoms with Gasteiger partial charge in [0, 0.05) is 13.1 Å². The zero-order valence-electron chi connectivity index (χ0n) is 12.5. The van der Waals surface area contributed by atoms with E-state index < -0.39 is 0 Å². The molecule has 0 saturated heterocycles. The number of hydrogen-bond acceptors (Lipinski definition) is 6. The molecule has 6 heteroatoms. The fourth-order valence-electron chi connectivity index (χ4n) is 2.88. The molecular formula is C14H24N4O2. The van der Waals surface area contributed by atoms with Gasteiger partial charge in [-0.25, -0.2) is 0 Å². The SMILES string of the molecule is COc1cc(OC)nc(N(C)C2CCCCC2CN)n1. The number of anilines is 1. The molecule has 0 bridgehead atoms. The number of nitrogens with two attached hydrogens (primary N) is 1. The first-order chi connectivity index (χ1) is 9.69. The number of ether oxygens (including phenoxy) is 2. The summed E-state index contributed by atoms with van der Waals surface area (Å²) < 4.78 is 10.4. The lowest BCUT2D eigenvalue weighted by molar-refractivity contribution is 0.302. The van der Waals surface area contributed by atoms with E-state index in [9.17, 15) is 0 Å². The van der Waals surface area contributed by atoms with E-state index in [0.29, 0.717) is 36.2 Å². The van der Waals surface area contributed by atoms with Crippen LogP contribution in [0.4, 0.5) is 5.95 Å². The van der Waals surface area contributed by atoms with Gasteiger partial charge >= 0.3 is 0 Å². The molecule has 112 valence electrons. The molecule has 1 heterocycles. The standard InChI is InChI=1S/C14H24N4O2/c1-18(11-7-5-4-6-10(11)9-15)14-16-12(19-2)8-13(17-14)20-3/h8,10-11H,4-7,9,15H2,1-3H3. The van der Waals surface area contributed by atoms with Gasteiger partial charge in [0.25, 0.3) is 0 Å². The molecule has 1 fully saturated rings. The summed E-state index contributed by atoms with van der Waals surface area (Å²) in [4.78, 5) is 10.9. The fraction of sp³-hybridized carbons (Fsp3) is 0.714.